The highest BCUT2D eigenvalue weighted by Gasteiger charge is 2.17. The normalized spacial score (nSPS) is 11.4. The molecule has 148 valence electrons. The summed E-state index contributed by atoms with van der Waals surface area (Å²) in [5, 5.41) is 1.73. The molecular formula is C23H24N4O2. The van der Waals surface area contributed by atoms with Crippen LogP contribution in [0.1, 0.15) is 23.2 Å². The highest BCUT2D eigenvalue weighted by molar-refractivity contribution is 6.04. The SMILES string of the molecule is CN(C)CCCCOc1nc(-c2[nH]c3ccccc3c2C=O)nc2ccccc12. The molecule has 1 N–H and O–H groups in total. The van der Waals surface area contributed by atoms with Crippen LogP contribution in [0.5, 0.6) is 5.88 Å². The lowest BCUT2D eigenvalue weighted by atomic mass is 10.1. The van der Waals surface area contributed by atoms with Gasteiger partial charge in [-0.1, -0.05) is 30.3 Å². The molecule has 6 heteroatoms. The molecule has 0 fully saturated rings. The minimum absolute atomic E-state index is 0.463. The number of nitrogens with one attached hydrogen (secondary N) is 1. The lowest BCUT2D eigenvalue weighted by molar-refractivity contribution is 0.112. The monoisotopic (exact) mass is 388 g/mol. The molecule has 4 aromatic rings. The molecule has 0 saturated heterocycles. The van der Waals surface area contributed by atoms with Crippen LogP contribution in [-0.4, -0.2) is 53.4 Å². The van der Waals surface area contributed by atoms with Crippen LogP contribution in [0.15, 0.2) is 48.5 Å². The number of H-pyrrole nitrogens is 1. The van der Waals surface area contributed by atoms with E-state index in [4.69, 9.17) is 4.74 Å². The Morgan fingerprint density at radius 3 is 2.55 bits per heavy atom. The number of para-hydroxylation sites is 2. The number of hydrogen-bond donors (Lipinski definition) is 1. The van der Waals surface area contributed by atoms with Gasteiger partial charge in [-0.25, -0.2) is 4.98 Å². The summed E-state index contributed by atoms with van der Waals surface area (Å²) < 4.78 is 6.04. The average molecular weight is 388 g/mol. The summed E-state index contributed by atoms with van der Waals surface area (Å²) in [7, 11) is 4.13. The predicted octanol–water partition coefficient (Wildman–Crippen LogP) is 4.31. The maximum absolute atomic E-state index is 11.8. The second-order valence-corrected chi connectivity index (χ2v) is 7.31. The first kappa shape index (κ1) is 19.1. The van der Waals surface area contributed by atoms with Crippen molar-refractivity contribution < 1.29 is 9.53 Å². The van der Waals surface area contributed by atoms with E-state index < -0.39 is 0 Å². The van der Waals surface area contributed by atoms with E-state index in [1.807, 2.05) is 48.5 Å². The number of nitrogens with zero attached hydrogens (tertiary/aromatic N) is 3. The Morgan fingerprint density at radius 1 is 1.00 bits per heavy atom. The topological polar surface area (TPSA) is 71.1 Å². The summed E-state index contributed by atoms with van der Waals surface area (Å²) in [4.78, 5) is 26.6. The van der Waals surface area contributed by atoms with E-state index in [-0.39, 0.29) is 0 Å². The quantitative estimate of drug-likeness (QED) is 0.360. The second kappa shape index (κ2) is 8.41. The van der Waals surface area contributed by atoms with Crippen LogP contribution in [0.3, 0.4) is 0 Å². The molecule has 0 unspecified atom stereocenters. The van der Waals surface area contributed by atoms with Gasteiger partial charge in [-0.3, -0.25) is 4.79 Å². The zero-order valence-electron chi connectivity index (χ0n) is 16.7. The number of benzene rings is 2. The van der Waals surface area contributed by atoms with Gasteiger partial charge < -0.3 is 14.6 Å². The second-order valence-electron chi connectivity index (χ2n) is 7.31. The third kappa shape index (κ3) is 3.98. The van der Waals surface area contributed by atoms with Crippen LogP contribution in [0.4, 0.5) is 0 Å². The van der Waals surface area contributed by atoms with Crippen LogP contribution in [0, 0.1) is 0 Å². The largest absolute Gasteiger partial charge is 0.477 e. The number of aromatic amines is 1. The van der Waals surface area contributed by atoms with Crippen molar-refractivity contribution >= 4 is 28.1 Å². The van der Waals surface area contributed by atoms with E-state index >= 15 is 0 Å². The van der Waals surface area contributed by atoms with Gasteiger partial charge in [0.1, 0.15) is 0 Å². The number of fused-ring (bicyclic) bond motifs is 2. The molecule has 2 heterocycles. The van der Waals surface area contributed by atoms with Crippen LogP contribution in [0.2, 0.25) is 0 Å². The third-order valence-corrected chi connectivity index (χ3v) is 4.89. The van der Waals surface area contributed by atoms with Crippen LogP contribution in [0.25, 0.3) is 33.3 Å². The van der Waals surface area contributed by atoms with Crippen molar-refractivity contribution in [1.82, 2.24) is 19.9 Å². The van der Waals surface area contributed by atoms with Crippen molar-refractivity contribution in [2.24, 2.45) is 0 Å². The van der Waals surface area contributed by atoms with Gasteiger partial charge in [-0.2, -0.15) is 4.98 Å². The molecule has 0 atom stereocenters. The fourth-order valence-electron chi connectivity index (χ4n) is 3.43. The standard InChI is InChI=1S/C23H24N4O2/c1-27(2)13-7-8-14-29-23-17-10-4-6-12-20(17)25-22(26-23)21-18(15-28)16-9-3-5-11-19(16)24-21/h3-6,9-12,15,24H,7-8,13-14H2,1-2H3. The fraction of sp³-hybridized carbons (Fsp3) is 0.261. The zero-order valence-corrected chi connectivity index (χ0v) is 16.7. The minimum Gasteiger partial charge on any atom is -0.477 e. The third-order valence-electron chi connectivity index (χ3n) is 4.89. The fourth-order valence-corrected chi connectivity index (χ4v) is 3.43. The van der Waals surface area contributed by atoms with Gasteiger partial charge in [0.15, 0.2) is 12.1 Å². The molecule has 0 bridgehead atoms. The Bertz CT molecular complexity index is 1150. The molecule has 0 saturated carbocycles. The average Bonchev–Trinajstić information content (AvgIpc) is 3.11. The van der Waals surface area contributed by atoms with E-state index in [2.05, 4.69) is 33.9 Å². The number of ether oxygens (including phenoxy) is 1. The Morgan fingerprint density at radius 2 is 1.76 bits per heavy atom. The molecule has 0 radical (unpaired) electrons. The molecule has 6 nitrogen and oxygen atoms in total. The highest BCUT2D eigenvalue weighted by atomic mass is 16.5. The van der Waals surface area contributed by atoms with Gasteiger partial charge in [0.25, 0.3) is 0 Å². The Balaban J connectivity index is 1.72. The smallest absolute Gasteiger partial charge is 0.225 e. The molecule has 0 aliphatic heterocycles. The van der Waals surface area contributed by atoms with E-state index in [0.717, 1.165) is 47.5 Å². The van der Waals surface area contributed by atoms with Crippen molar-refractivity contribution in [2.45, 2.75) is 12.8 Å². The van der Waals surface area contributed by atoms with E-state index in [9.17, 15) is 4.79 Å². The van der Waals surface area contributed by atoms with Crippen molar-refractivity contribution in [3.63, 3.8) is 0 Å². The molecule has 2 aromatic carbocycles. The Labute approximate surface area is 169 Å². The summed E-state index contributed by atoms with van der Waals surface area (Å²) in [6.45, 7) is 1.61. The van der Waals surface area contributed by atoms with Crippen molar-refractivity contribution in [2.75, 3.05) is 27.2 Å². The molecule has 0 spiro atoms. The molecule has 0 amide bonds. The number of unbranched alkanes of at least 4 members (excludes halogenated alkanes) is 1. The van der Waals surface area contributed by atoms with Crippen molar-refractivity contribution in [3.05, 3.63) is 54.1 Å². The maximum Gasteiger partial charge on any atom is 0.225 e. The number of rotatable bonds is 8. The van der Waals surface area contributed by atoms with Crippen LogP contribution < -0.4 is 4.74 Å². The number of aromatic nitrogens is 3. The van der Waals surface area contributed by atoms with Gasteiger partial charge >= 0.3 is 0 Å². The minimum atomic E-state index is 0.463. The number of hydrogen-bond acceptors (Lipinski definition) is 5. The molecular weight excluding hydrogens is 364 g/mol. The first-order valence-corrected chi connectivity index (χ1v) is 9.78. The van der Waals surface area contributed by atoms with Crippen LogP contribution >= 0.6 is 0 Å². The van der Waals surface area contributed by atoms with Gasteiger partial charge in [0.05, 0.1) is 28.8 Å². The van der Waals surface area contributed by atoms with Crippen molar-refractivity contribution in [3.8, 4) is 17.4 Å². The van der Waals surface area contributed by atoms with E-state index in [0.29, 0.717) is 29.6 Å². The summed E-state index contributed by atoms with van der Waals surface area (Å²) >= 11 is 0. The summed E-state index contributed by atoms with van der Waals surface area (Å²) in [6.07, 6.45) is 2.85. The molecule has 0 aliphatic carbocycles. The molecule has 2 aromatic heterocycles. The van der Waals surface area contributed by atoms with Crippen molar-refractivity contribution in [1.29, 1.82) is 0 Å². The Hall–Kier alpha value is -3.25. The summed E-state index contributed by atoms with van der Waals surface area (Å²) in [5.41, 5.74) is 2.85. The number of aldehydes is 1. The maximum atomic E-state index is 11.8. The molecule has 0 aliphatic rings. The molecule has 29 heavy (non-hydrogen) atoms. The lowest BCUT2D eigenvalue weighted by Gasteiger charge is -2.11. The van der Waals surface area contributed by atoms with Gasteiger partial charge in [0, 0.05) is 10.9 Å². The summed E-state index contributed by atoms with van der Waals surface area (Å²) in [6, 6.07) is 15.5. The number of carbonyl (C=O) groups is 1. The number of carbonyl (C=O) groups excluding carboxylic acids is 1. The van der Waals surface area contributed by atoms with Gasteiger partial charge in [0.2, 0.25) is 5.88 Å². The predicted molar refractivity (Wildman–Crippen MR) is 116 cm³/mol. The first-order chi connectivity index (χ1) is 14.2. The van der Waals surface area contributed by atoms with Gasteiger partial charge in [-0.05, 0) is 51.7 Å². The van der Waals surface area contributed by atoms with Gasteiger partial charge in [-0.15, -0.1) is 0 Å². The van der Waals surface area contributed by atoms with Crippen LogP contribution in [-0.2, 0) is 0 Å². The zero-order chi connectivity index (χ0) is 20.2. The first-order valence-electron chi connectivity index (χ1n) is 9.78. The van der Waals surface area contributed by atoms with E-state index in [1.54, 1.807) is 0 Å². The lowest BCUT2D eigenvalue weighted by Crippen LogP contribution is -2.14. The Kier molecular flexibility index (Phi) is 5.53. The molecule has 4 rings (SSSR count). The highest BCUT2D eigenvalue weighted by Crippen LogP contribution is 2.31. The van der Waals surface area contributed by atoms with E-state index in [1.165, 1.54) is 0 Å². The summed E-state index contributed by atoms with van der Waals surface area (Å²) in [5.74, 6) is 1.01.